The molecule has 0 aromatic rings. The molecule has 1 fully saturated rings. The first-order chi connectivity index (χ1) is 7.11. The maximum Gasteiger partial charge on any atom is -0.0134 e. The number of rotatable bonds is 5. The lowest BCUT2D eigenvalue weighted by molar-refractivity contribution is 0.506. The van der Waals surface area contributed by atoms with Crippen molar-refractivity contribution in [3.8, 4) is 0 Å². The lowest BCUT2D eigenvalue weighted by Gasteiger charge is -2.06. The first kappa shape index (κ1) is 12.5. The average molecular weight is 206 g/mol. The SMILES string of the molecule is CCCC=C(C)C(C)=C1CC1C(C)CC. The van der Waals surface area contributed by atoms with E-state index in [9.17, 15) is 0 Å². The van der Waals surface area contributed by atoms with Gasteiger partial charge in [0.15, 0.2) is 0 Å². The van der Waals surface area contributed by atoms with Gasteiger partial charge in [-0.2, -0.15) is 0 Å². The molecule has 0 spiro atoms. The Hall–Kier alpha value is -0.520. The van der Waals surface area contributed by atoms with Crippen LogP contribution in [-0.2, 0) is 0 Å². The van der Waals surface area contributed by atoms with Crippen LogP contribution < -0.4 is 0 Å². The van der Waals surface area contributed by atoms with Crippen LogP contribution in [-0.4, -0.2) is 0 Å². The predicted octanol–water partition coefficient (Wildman–Crippen LogP) is 5.12. The fourth-order valence-electron chi connectivity index (χ4n) is 2.21. The Bertz CT molecular complexity index is 268. The Morgan fingerprint density at radius 3 is 2.60 bits per heavy atom. The van der Waals surface area contributed by atoms with E-state index in [1.54, 1.807) is 11.1 Å². The number of unbranched alkanes of at least 4 members (excludes halogenated alkanes) is 1. The number of allylic oxidation sites excluding steroid dienone is 4. The third kappa shape index (κ3) is 3.22. The summed E-state index contributed by atoms with van der Waals surface area (Å²) in [7, 11) is 0. The van der Waals surface area contributed by atoms with Crippen molar-refractivity contribution in [1.82, 2.24) is 0 Å². The first-order valence-electron chi connectivity index (χ1n) is 6.48. The molecule has 1 saturated carbocycles. The lowest BCUT2D eigenvalue weighted by Crippen LogP contribution is -1.94. The van der Waals surface area contributed by atoms with Gasteiger partial charge < -0.3 is 0 Å². The molecule has 0 bridgehead atoms. The van der Waals surface area contributed by atoms with Gasteiger partial charge in [0.25, 0.3) is 0 Å². The minimum atomic E-state index is 0.883. The summed E-state index contributed by atoms with van der Waals surface area (Å²) in [5.41, 5.74) is 4.82. The van der Waals surface area contributed by atoms with Crippen molar-refractivity contribution in [2.75, 3.05) is 0 Å². The third-order valence-electron chi connectivity index (χ3n) is 3.87. The summed E-state index contributed by atoms with van der Waals surface area (Å²) in [5, 5.41) is 0. The van der Waals surface area contributed by atoms with Crippen LogP contribution in [0.5, 0.6) is 0 Å². The van der Waals surface area contributed by atoms with Gasteiger partial charge in [-0.3, -0.25) is 0 Å². The molecule has 0 heterocycles. The van der Waals surface area contributed by atoms with Crippen LogP contribution in [0.1, 0.15) is 60.3 Å². The van der Waals surface area contributed by atoms with Crippen LogP contribution in [0.25, 0.3) is 0 Å². The van der Waals surface area contributed by atoms with Gasteiger partial charge in [0.1, 0.15) is 0 Å². The summed E-state index contributed by atoms with van der Waals surface area (Å²) < 4.78 is 0. The minimum absolute atomic E-state index is 0.883. The summed E-state index contributed by atoms with van der Waals surface area (Å²) in [6.07, 6.45) is 7.56. The second kappa shape index (κ2) is 5.53. The molecule has 2 atom stereocenters. The quantitative estimate of drug-likeness (QED) is 0.586. The number of hydrogen-bond donors (Lipinski definition) is 0. The van der Waals surface area contributed by atoms with Gasteiger partial charge in [0, 0.05) is 0 Å². The third-order valence-corrected chi connectivity index (χ3v) is 3.87. The molecule has 15 heavy (non-hydrogen) atoms. The van der Waals surface area contributed by atoms with E-state index in [1.807, 2.05) is 0 Å². The highest BCUT2D eigenvalue weighted by atomic mass is 14.4. The summed E-state index contributed by atoms with van der Waals surface area (Å²) in [6, 6.07) is 0. The summed E-state index contributed by atoms with van der Waals surface area (Å²) in [5.74, 6) is 1.79. The molecule has 0 aromatic carbocycles. The van der Waals surface area contributed by atoms with E-state index < -0.39 is 0 Å². The molecule has 0 amide bonds. The first-order valence-corrected chi connectivity index (χ1v) is 6.48. The van der Waals surface area contributed by atoms with Crippen molar-refractivity contribution in [3.05, 3.63) is 22.8 Å². The molecule has 0 nitrogen and oxygen atoms in total. The number of hydrogen-bond acceptors (Lipinski definition) is 0. The second-order valence-corrected chi connectivity index (χ2v) is 5.02. The van der Waals surface area contributed by atoms with Crippen LogP contribution in [0.4, 0.5) is 0 Å². The lowest BCUT2D eigenvalue weighted by atomic mass is 10.00. The highest BCUT2D eigenvalue weighted by Crippen LogP contribution is 2.47. The molecule has 1 aliphatic carbocycles. The van der Waals surface area contributed by atoms with Gasteiger partial charge >= 0.3 is 0 Å². The van der Waals surface area contributed by atoms with E-state index in [0.29, 0.717) is 0 Å². The largest absolute Gasteiger partial charge is 0.0813 e. The molecular weight excluding hydrogens is 180 g/mol. The van der Waals surface area contributed by atoms with E-state index in [2.05, 4.69) is 40.7 Å². The zero-order chi connectivity index (χ0) is 11.4. The van der Waals surface area contributed by atoms with Crippen molar-refractivity contribution in [2.45, 2.75) is 60.3 Å². The predicted molar refractivity (Wildman–Crippen MR) is 68.9 cm³/mol. The van der Waals surface area contributed by atoms with Crippen molar-refractivity contribution >= 4 is 0 Å². The Labute approximate surface area is 95.5 Å². The summed E-state index contributed by atoms with van der Waals surface area (Å²) in [6.45, 7) is 11.5. The molecule has 0 heteroatoms. The van der Waals surface area contributed by atoms with Crippen LogP contribution >= 0.6 is 0 Å². The van der Waals surface area contributed by atoms with Gasteiger partial charge in [-0.15, -0.1) is 0 Å². The van der Waals surface area contributed by atoms with Gasteiger partial charge in [0.2, 0.25) is 0 Å². The van der Waals surface area contributed by atoms with Crippen molar-refractivity contribution < 1.29 is 0 Å². The van der Waals surface area contributed by atoms with Crippen LogP contribution in [0.15, 0.2) is 22.8 Å². The fraction of sp³-hybridized carbons (Fsp3) is 0.733. The molecule has 0 aromatic heterocycles. The molecular formula is C15H26. The van der Waals surface area contributed by atoms with Crippen LogP contribution in [0.3, 0.4) is 0 Å². The molecule has 0 radical (unpaired) electrons. The molecule has 86 valence electrons. The standard InChI is InChI=1S/C15H26/c1-6-8-9-12(4)13(5)15-10-14(15)11(3)7-2/h9,11,14H,6-8,10H2,1-5H3. The van der Waals surface area contributed by atoms with Gasteiger partial charge in [-0.25, -0.2) is 0 Å². The zero-order valence-corrected chi connectivity index (χ0v) is 11.1. The van der Waals surface area contributed by atoms with E-state index in [-0.39, 0.29) is 0 Å². The smallest absolute Gasteiger partial charge is 0.0134 e. The van der Waals surface area contributed by atoms with Crippen molar-refractivity contribution in [3.63, 3.8) is 0 Å². The van der Waals surface area contributed by atoms with E-state index in [1.165, 1.54) is 31.3 Å². The average Bonchev–Trinajstić information content (AvgIpc) is 3.03. The second-order valence-electron chi connectivity index (χ2n) is 5.02. The maximum absolute atomic E-state index is 2.40. The van der Waals surface area contributed by atoms with Gasteiger partial charge in [-0.1, -0.05) is 50.8 Å². The molecule has 1 aliphatic rings. The minimum Gasteiger partial charge on any atom is -0.0813 e. The van der Waals surface area contributed by atoms with E-state index in [4.69, 9.17) is 0 Å². The maximum atomic E-state index is 2.40. The van der Waals surface area contributed by atoms with Crippen LogP contribution in [0.2, 0.25) is 0 Å². The van der Waals surface area contributed by atoms with Crippen molar-refractivity contribution in [2.24, 2.45) is 11.8 Å². The monoisotopic (exact) mass is 206 g/mol. The Morgan fingerprint density at radius 1 is 1.40 bits per heavy atom. The van der Waals surface area contributed by atoms with Crippen LogP contribution in [0, 0.1) is 11.8 Å². The summed E-state index contributed by atoms with van der Waals surface area (Å²) in [4.78, 5) is 0. The Morgan fingerprint density at radius 2 is 2.07 bits per heavy atom. The topological polar surface area (TPSA) is 0 Å². The normalized spacial score (nSPS) is 26.5. The van der Waals surface area contributed by atoms with E-state index in [0.717, 1.165) is 11.8 Å². The molecule has 2 unspecified atom stereocenters. The zero-order valence-electron chi connectivity index (χ0n) is 11.1. The Balaban J connectivity index is 2.61. The molecule has 0 aliphatic heterocycles. The molecule has 0 N–H and O–H groups in total. The van der Waals surface area contributed by atoms with Gasteiger partial charge in [0.05, 0.1) is 0 Å². The highest BCUT2D eigenvalue weighted by molar-refractivity contribution is 5.40. The van der Waals surface area contributed by atoms with Crippen molar-refractivity contribution in [1.29, 1.82) is 0 Å². The Kier molecular flexibility index (Phi) is 4.63. The summed E-state index contributed by atoms with van der Waals surface area (Å²) >= 11 is 0. The highest BCUT2D eigenvalue weighted by Gasteiger charge is 2.35. The molecule has 1 rings (SSSR count). The van der Waals surface area contributed by atoms with Gasteiger partial charge in [-0.05, 0) is 44.1 Å². The van der Waals surface area contributed by atoms with E-state index >= 15 is 0 Å². The molecule has 0 saturated heterocycles. The fourth-order valence-corrected chi connectivity index (χ4v) is 2.21.